The third-order valence-corrected chi connectivity index (χ3v) is 3.89. The van der Waals surface area contributed by atoms with Gasteiger partial charge in [0.05, 0.1) is 0 Å². The maximum atomic E-state index is 8.98. The quantitative estimate of drug-likeness (QED) is 0.849. The summed E-state index contributed by atoms with van der Waals surface area (Å²) in [6.45, 7) is 5.38. The van der Waals surface area contributed by atoms with Gasteiger partial charge in [-0.15, -0.1) is 0 Å². The second-order valence-corrected chi connectivity index (χ2v) is 6.11. The van der Waals surface area contributed by atoms with Crippen LogP contribution in [0.4, 0.5) is 0 Å². The van der Waals surface area contributed by atoms with E-state index >= 15 is 0 Å². The summed E-state index contributed by atoms with van der Waals surface area (Å²) < 4.78 is 5.27. The second-order valence-electron chi connectivity index (χ2n) is 5.14. The Morgan fingerprint density at radius 3 is 2.45 bits per heavy atom. The Balaban J connectivity index is 2.08. The highest BCUT2D eigenvalue weighted by atomic mass is 32.2. The molecule has 2 aromatic rings. The van der Waals surface area contributed by atoms with Crippen LogP contribution in [0.25, 0.3) is 11.3 Å². The maximum absolute atomic E-state index is 8.98. The molecule has 4 heteroatoms. The molecule has 0 aliphatic rings. The van der Waals surface area contributed by atoms with E-state index in [2.05, 4.69) is 48.9 Å². The molecule has 0 aliphatic heterocycles. The molecule has 104 valence electrons. The average Bonchev–Trinajstić information content (AvgIpc) is 2.80. The molecule has 0 fully saturated rings. The van der Waals surface area contributed by atoms with Crippen molar-refractivity contribution in [2.75, 3.05) is 6.54 Å². The van der Waals surface area contributed by atoms with Crippen LogP contribution in [0.1, 0.15) is 19.5 Å². The lowest BCUT2D eigenvalue weighted by atomic mass is 10.1. The van der Waals surface area contributed by atoms with Crippen LogP contribution in [0.5, 0.6) is 0 Å². The van der Waals surface area contributed by atoms with Crippen LogP contribution in [-0.4, -0.2) is 11.1 Å². The van der Waals surface area contributed by atoms with Gasteiger partial charge in [-0.2, -0.15) is 5.26 Å². The highest BCUT2D eigenvalue weighted by Gasteiger charge is 2.06. The van der Waals surface area contributed by atoms with E-state index in [9.17, 15) is 0 Å². The van der Waals surface area contributed by atoms with Gasteiger partial charge in [0, 0.05) is 24.2 Å². The first-order valence-electron chi connectivity index (χ1n) is 6.67. The predicted octanol–water partition coefficient (Wildman–Crippen LogP) is 3.82. The Hall–Kier alpha value is -1.70. The summed E-state index contributed by atoms with van der Waals surface area (Å²) in [6.07, 6.45) is 0. The van der Waals surface area contributed by atoms with Crippen LogP contribution in [0.15, 0.2) is 41.3 Å². The fourth-order valence-corrected chi connectivity index (χ4v) is 2.75. The van der Waals surface area contributed by atoms with E-state index < -0.39 is 0 Å². The molecule has 0 saturated carbocycles. The van der Waals surface area contributed by atoms with Gasteiger partial charge in [-0.1, -0.05) is 26.0 Å². The SMILES string of the molecule is CC(C)CNSc1ccc(-c2ccc(C#N)n2C)cc1. The summed E-state index contributed by atoms with van der Waals surface area (Å²) in [7, 11) is 1.92. The van der Waals surface area contributed by atoms with E-state index in [1.54, 1.807) is 11.9 Å². The Morgan fingerprint density at radius 2 is 1.90 bits per heavy atom. The van der Waals surface area contributed by atoms with Crippen LogP contribution in [0.2, 0.25) is 0 Å². The minimum absolute atomic E-state index is 0.648. The van der Waals surface area contributed by atoms with Crippen molar-refractivity contribution in [3.63, 3.8) is 0 Å². The third-order valence-electron chi connectivity index (χ3n) is 3.07. The Kier molecular flexibility index (Phi) is 4.89. The molecule has 2 rings (SSSR count). The van der Waals surface area contributed by atoms with Gasteiger partial charge in [0.25, 0.3) is 0 Å². The molecule has 3 nitrogen and oxygen atoms in total. The molecule has 0 unspecified atom stereocenters. The van der Waals surface area contributed by atoms with Crippen molar-refractivity contribution in [3.05, 3.63) is 42.1 Å². The first-order valence-corrected chi connectivity index (χ1v) is 7.49. The van der Waals surface area contributed by atoms with Gasteiger partial charge in [-0.25, -0.2) is 0 Å². The number of hydrogen-bond donors (Lipinski definition) is 1. The van der Waals surface area contributed by atoms with Gasteiger partial charge in [0.1, 0.15) is 11.8 Å². The van der Waals surface area contributed by atoms with E-state index in [1.165, 1.54) is 4.90 Å². The zero-order valence-corrected chi connectivity index (χ0v) is 12.9. The molecule has 20 heavy (non-hydrogen) atoms. The van der Waals surface area contributed by atoms with Crippen molar-refractivity contribution >= 4 is 11.9 Å². The van der Waals surface area contributed by atoms with Crippen molar-refractivity contribution in [3.8, 4) is 17.3 Å². The maximum Gasteiger partial charge on any atom is 0.120 e. The molecule has 0 spiro atoms. The van der Waals surface area contributed by atoms with Gasteiger partial charge in [-0.05, 0) is 47.7 Å². The van der Waals surface area contributed by atoms with Crippen molar-refractivity contribution in [2.45, 2.75) is 18.7 Å². The zero-order valence-electron chi connectivity index (χ0n) is 12.1. The molecular formula is C16H19N3S. The summed E-state index contributed by atoms with van der Waals surface area (Å²) >= 11 is 1.66. The number of aromatic nitrogens is 1. The molecule has 0 atom stereocenters. The van der Waals surface area contributed by atoms with E-state index in [0.29, 0.717) is 11.6 Å². The first-order chi connectivity index (χ1) is 9.61. The summed E-state index contributed by atoms with van der Waals surface area (Å²) in [6, 6.07) is 14.4. The number of benzene rings is 1. The van der Waals surface area contributed by atoms with Gasteiger partial charge < -0.3 is 4.57 Å². The van der Waals surface area contributed by atoms with E-state index in [4.69, 9.17) is 5.26 Å². The topological polar surface area (TPSA) is 40.8 Å². The Morgan fingerprint density at radius 1 is 1.20 bits per heavy atom. The van der Waals surface area contributed by atoms with Gasteiger partial charge >= 0.3 is 0 Å². The van der Waals surface area contributed by atoms with Gasteiger partial charge in [0.2, 0.25) is 0 Å². The third kappa shape index (κ3) is 3.44. The minimum atomic E-state index is 0.648. The molecule has 1 N–H and O–H groups in total. The number of nitrogens with zero attached hydrogens (tertiary/aromatic N) is 2. The molecule has 0 bridgehead atoms. The van der Waals surface area contributed by atoms with Crippen molar-refractivity contribution in [1.29, 1.82) is 5.26 Å². The molecule has 0 radical (unpaired) electrons. The standard InChI is InChI=1S/C16H19N3S/c1-12(2)11-18-20-15-7-4-13(5-8-15)16-9-6-14(10-17)19(16)3/h4-9,12,18H,11H2,1-3H3. The van der Waals surface area contributed by atoms with Crippen LogP contribution in [-0.2, 0) is 7.05 Å². The lowest BCUT2D eigenvalue weighted by Gasteiger charge is -2.08. The fourth-order valence-electron chi connectivity index (χ4n) is 1.90. The molecule has 0 amide bonds. The van der Waals surface area contributed by atoms with Gasteiger partial charge in [0.15, 0.2) is 0 Å². The summed E-state index contributed by atoms with van der Waals surface area (Å²) in [5.41, 5.74) is 2.87. The van der Waals surface area contributed by atoms with Crippen LogP contribution < -0.4 is 4.72 Å². The predicted molar refractivity (Wildman–Crippen MR) is 84.3 cm³/mol. The molecular weight excluding hydrogens is 266 g/mol. The first kappa shape index (κ1) is 14.7. The minimum Gasteiger partial charge on any atom is -0.335 e. The number of nitriles is 1. The van der Waals surface area contributed by atoms with E-state index in [1.807, 2.05) is 23.7 Å². The van der Waals surface area contributed by atoms with Crippen LogP contribution >= 0.6 is 11.9 Å². The Bertz CT molecular complexity index is 606. The zero-order chi connectivity index (χ0) is 14.5. The second kappa shape index (κ2) is 6.65. The molecule has 1 aromatic heterocycles. The lowest BCUT2D eigenvalue weighted by Crippen LogP contribution is -2.11. The highest BCUT2D eigenvalue weighted by Crippen LogP contribution is 2.24. The number of rotatable bonds is 5. The fraction of sp³-hybridized carbons (Fsp3) is 0.312. The summed E-state index contributed by atoms with van der Waals surface area (Å²) in [5.74, 6) is 0.648. The van der Waals surface area contributed by atoms with Gasteiger partial charge in [-0.3, -0.25) is 4.72 Å². The average molecular weight is 285 g/mol. The van der Waals surface area contributed by atoms with E-state index in [0.717, 1.165) is 17.8 Å². The van der Waals surface area contributed by atoms with E-state index in [-0.39, 0.29) is 0 Å². The van der Waals surface area contributed by atoms with Crippen molar-refractivity contribution in [1.82, 2.24) is 9.29 Å². The molecule has 1 heterocycles. The summed E-state index contributed by atoms with van der Waals surface area (Å²) in [4.78, 5) is 1.20. The largest absolute Gasteiger partial charge is 0.335 e. The highest BCUT2D eigenvalue weighted by molar-refractivity contribution is 7.97. The smallest absolute Gasteiger partial charge is 0.120 e. The van der Waals surface area contributed by atoms with Crippen molar-refractivity contribution < 1.29 is 0 Å². The molecule has 1 aromatic carbocycles. The van der Waals surface area contributed by atoms with Crippen LogP contribution in [0.3, 0.4) is 0 Å². The number of hydrogen-bond acceptors (Lipinski definition) is 3. The van der Waals surface area contributed by atoms with Crippen LogP contribution in [0, 0.1) is 17.2 Å². The normalized spacial score (nSPS) is 10.8. The number of nitrogens with one attached hydrogen (secondary N) is 1. The molecule has 0 saturated heterocycles. The summed E-state index contributed by atoms with van der Waals surface area (Å²) in [5, 5.41) is 8.98. The Labute approximate surface area is 124 Å². The lowest BCUT2D eigenvalue weighted by molar-refractivity contribution is 0.640. The monoisotopic (exact) mass is 285 g/mol. The molecule has 0 aliphatic carbocycles. The van der Waals surface area contributed by atoms with Crippen molar-refractivity contribution in [2.24, 2.45) is 13.0 Å².